The zero-order valence-corrected chi connectivity index (χ0v) is 20.5. The number of halogens is 1. The van der Waals surface area contributed by atoms with Crippen LogP contribution < -0.4 is 0 Å². The summed E-state index contributed by atoms with van der Waals surface area (Å²) in [6.07, 6.45) is 5.81. The van der Waals surface area contributed by atoms with E-state index < -0.39 is 8.07 Å². The zero-order chi connectivity index (χ0) is 22.9. The summed E-state index contributed by atoms with van der Waals surface area (Å²) in [5, 5.41) is 4.97. The van der Waals surface area contributed by atoms with Gasteiger partial charge in [-0.25, -0.2) is 14.1 Å². The fourth-order valence-corrected chi connectivity index (χ4v) is 4.61. The van der Waals surface area contributed by atoms with Crippen LogP contribution >= 0.6 is 0 Å². The Labute approximate surface area is 189 Å². The lowest BCUT2D eigenvalue weighted by atomic mass is 9.95. The van der Waals surface area contributed by atoms with Crippen LogP contribution in [0.2, 0.25) is 25.7 Å². The van der Waals surface area contributed by atoms with Crippen molar-refractivity contribution in [3.63, 3.8) is 0 Å². The summed E-state index contributed by atoms with van der Waals surface area (Å²) >= 11 is 0. The number of rotatable bonds is 8. The van der Waals surface area contributed by atoms with Crippen molar-refractivity contribution in [1.29, 1.82) is 0 Å². The molecule has 168 valence electrons. The lowest BCUT2D eigenvalue weighted by Gasteiger charge is -2.17. The molecule has 0 N–H and O–H groups in total. The van der Waals surface area contributed by atoms with Crippen molar-refractivity contribution in [3.05, 3.63) is 66.5 Å². The van der Waals surface area contributed by atoms with Crippen LogP contribution in [0.5, 0.6) is 0 Å². The van der Waals surface area contributed by atoms with Crippen LogP contribution in [0.3, 0.4) is 0 Å². The Morgan fingerprint density at radius 2 is 1.75 bits per heavy atom. The van der Waals surface area contributed by atoms with E-state index in [1.165, 1.54) is 12.1 Å². The molecular weight excluding hydrogens is 419 g/mol. The lowest BCUT2D eigenvalue weighted by molar-refractivity contribution is 0.0761. The molecule has 0 bridgehead atoms. The molecule has 7 heteroatoms. The average molecular weight is 451 g/mol. The van der Waals surface area contributed by atoms with Gasteiger partial charge >= 0.3 is 0 Å². The predicted octanol–water partition coefficient (Wildman–Crippen LogP) is 6.44. The smallest absolute Gasteiger partial charge is 0.139 e. The van der Waals surface area contributed by atoms with Crippen LogP contribution in [-0.2, 0) is 11.5 Å². The van der Waals surface area contributed by atoms with Gasteiger partial charge in [0.25, 0.3) is 0 Å². The summed E-state index contributed by atoms with van der Waals surface area (Å²) in [6, 6.07) is 11.7. The number of fused-ring (bicyclic) bond motifs is 1. The van der Waals surface area contributed by atoms with Crippen LogP contribution in [0, 0.1) is 5.82 Å². The number of nitrogens with zero attached hydrogens (tertiary/aromatic N) is 4. The molecule has 0 aliphatic rings. The Kier molecular flexibility index (Phi) is 6.30. The number of pyridine rings is 1. The molecule has 0 saturated carbocycles. The Bertz CT molecular complexity index is 1210. The van der Waals surface area contributed by atoms with Crippen molar-refractivity contribution >= 4 is 13.7 Å². The second-order valence-corrected chi connectivity index (χ2v) is 15.3. The van der Waals surface area contributed by atoms with E-state index in [-0.39, 0.29) is 11.7 Å². The summed E-state index contributed by atoms with van der Waals surface area (Å²) in [5.41, 5.74) is 5.82. The van der Waals surface area contributed by atoms with Gasteiger partial charge in [-0.1, -0.05) is 33.5 Å². The fourth-order valence-electron chi connectivity index (χ4n) is 3.85. The molecule has 0 aliphatic heterocycles. The van der Waals surface area contributed by atoms with Crippen molar-refractivity contribution in [2.45, 2.75) is 52.2 Å². The number of hydrogen-bond acceptors (Lipinski definition) is 3. The van der Waals surface area contributed by atoms with Crippen molar-refractivity contribution < 1.29 is 9.13 Å². The van der Waals surface area contributed by atoms with Gasteiger partial charge in [0, 0.05) is 50.0 Å². The van der Waals surface area contributed by atoms with E-state index in [4.69, 9.17) is 9.84 Å². The van der Waals surface area contributed by atoms with E-state index in [9.17, 15) is 4.39 Å². The van der Waals surface area contributed by atoms with Crippen molar-refractivity contribution in [1.82, 2.24) is 19.2 Å². The van der Waals surface area contributed by atoms with Gasteiger partial charge in [-0.3, -0.25) is 0 Å². The lowest BCUT2D eigenvalue weighted by Crippen LogP contribution is -2.22. The van der Waals surface area contributed by atoms with E-state index >= 15 is 0 Å². The van der Waals surface area contributed by atoms with Crippen molar-refractivity contribution in [3.8, 4) is 22.4 Å². The molecule has 0 saturated heterocycles. The quantitative estimate of drug-likeness (QED) is 0.229. The van der Waals surface area contributed by atoms with Crippen molar-refractivity contribution in [2.75, 3.05) is 6.61 Å². The number of aromatic nitrogens is 4. The SMILES string of the molecule is CC(C)c1c(-c2ccc3nccn3c2)c(-c2ccc(F)cc2)nn1COCC[Si](C)(C)C. The van der Waals surface area contributed by atoms with Gasteiger partial charge in [-0.15, -0.1) is 0 Å². The molecule has 5 nitrogen and oxygen atoms in total. The maximum atomic E-state index is 13.6. The van der Waals surface area contributed by atoms with Gasteiger partial charge in [-0.2, -0.15) is 5.10 Å². The molecule has 3 aromatic heterocycles. The van der Waals surface area contributed by atoms with E-state index in [0.29, 0.717) is 6.73 Å². The molecule has 0 radical (unpaired) electrons. The van der Waals surface area contributed by atoms with Crippen LogP contribution in [0.25, 0.3) is 28.0 Å². The van der Waals surface area contributed by atoms with E-state index in [2.05, 4.69) is 50.7 Å². The van der Waals surface area contributed by atoms with Crippen molar-refractivity contribution in [2.24, 2.45) is 0 Å². The highest BCUT2D eigenvalue weighted by Crippen LogP contribution is 2.38. The second kappa shape index (κ2) is 9.00. The maximum Gasteiger partial charge on any atom is 0.139 e. The standard InChI is InChI=1S/C25H31FN4OSi/c1-18(2)25-23(20-8-11-22-27-12-13-29(22)16-20)24(19-6-9-21(26)10-7-19)28-30(25)17-31-14-15-32(3,4)5/h6-13,16,18H,14-15,17H2,1-5H3. The van der Waals surface area contributed by atoms with Gasteiger partial charge in [0.15, 0.2) is 0 Å². The first-order valence-electron chi connectivity index (χ1n) is 11.1. The molecule has 4 rings (SSSR count). The molecule has 0 aliphatic carbocycles. The Balaban J connectivity index is 1.80. The minimum atomic E-state index is -1.17. The van der Waals surface area contributed by atoms with Gasteiger partial charge in [-0.05, 0) is 48.4 Å². The summed E-state index contributed by atoms with van der Waals surface area (Å²) < 4.78 is 23.7. The third-order valence-electron chi connectivity index (χ3n) is 5.54. The highest BCUT2D eigenvalue weighted by Gasteiger charge is 2.23. The van der Waals surface area contributed by atoms with Gasteiger partial charge < -0.3 is 9.14 Å². The average Bonchev–Trinajstić information content (AvgIpc) is 3.35. The van der Waals surface area contributed by atoms with Gasteiger partial charge in [0.1, 0.15) is 23.9 Å². The molecule has 0 fully saturated rings. The highest BCUT2D eigenvalue weighted by atomic mass is 28.3. The largest absolute Gasteiger partial charge is 0.360 e. The normalized spacial score (nSPS) is 12.2. The Hall–Kier alpha value is -2.77. The minimum Gasteiger partial charge on any atom is -0.360 e. The molecular formula is C25H31FN4OSi. The Morgan fingerprint density at radius 3 is 2.44 bits per heavy atom. The third kappa shape index (κ3) is 4.84. The molecule has 4 aromatic rings. The van der Waals surface area contributed by atoms with E-state index in [1.54, 1.807) is 18.3 Å². The fraction of sp³-hybridized carbons (Fsp3) is 0.360. The van der Waals surface area contributed by atoms with Gasteiger partial charge in [0.2, 0.25) is 0 Å². The summed E-state index contributed by atoms with van der Waals surface area (Å²) in [4.78, 5) is 4.36. The molecule has 0 spiro atoms. The molecule has 3 heterocycles. The first kappa shape index (κ1) is 22.4. The molecule has 0 atom stereocenters. The molecule has 32 heavy (non-hydrogen) atoms. The molecule has 1 aromatic carbocycles. The summed E-state index contributed by atoms with van der Waals surface area (Å²) in [5.74, 6) is -0.0286. The third-order valence-corrected chi connectivity index (χ3v) is 7.25. The highest BCUT2D eigenvalue weighted by molar-refractivity contribution is 6.76. The first-order valence-corrected chi connectivity index (χ1v) is 14.8. The van der Waals surface area contributed by atoms with Crippen LogP contribution in [-0.4, -0.2) is 33.8 Å². The minimum absolute atomic E-state index is 0.228. The van der Waals surface area contributed by atoms with Crippen LogP contribution in [0.15, 0.2) is 55.0 Å². The molecule has 0 unspecified atom stereocenters. The summed E-state index contributed by atoms with van der Waals surface area (Å²) in [6.45, 7) is 12.5. The number of ether oxygens (including phenoxy) is 1. The zero-order valence-electron chi connectivity index (χ0n) is 19.5. The number of benzene rings is 1. The predicted molar refractivity (Wildman–Crippen MR) is 130 cm³/mol. The Morgan fingerprint density at radius 1 is 1.03 bits per heavy atom. The summed E-state index contributed by atoms with van der Waals surface area (Å²) in [7, 11) is -1.17. The number of imidazole rings is 1. The monoisotopic (exact) mass is 450 g/mol. The first-order chi connectivity index (χ1) is 15.2. The van der Waals surface area contributed by atoms with E-state index in [0.717, 1.165) is 46.4 Å². The maximum absolute atomic E-state index is 13.6. The number of hydrogen-bond donors (Lipinski definition) is 0. The molecule has 0 amide bonds. The van der Waals surface area contributed by atoms with Crippen LogP contribution in [0.1, 0.15) is 25.5 Å². The topological polar surface area (TPSA) is 44.4 Å². The van der Waals surface area contributed by atoms with Crippen LogP contribution in [0.4, 0.5) is 4.39 Å². The second-order valence-electron chi connectivity index (χ2n) is 9.73. The van der Waals surface area contributed by atoms with Gasteiger partial charge in [0.05, 0.1) is 5.69 Å². The van der Waals surface area contributed by atoms with E-state index in [1.807, 2.05) is 21.3 Å².